The van der Waals surface area contributed by atoms with Gasteiger partial charge in [-0.2, -0.15) is 0 Å². The maximum atomic E-state index is 5.42. The molecular weight excluding hydrogens is 228 g/mol. The zero-order chi connectivity index (χ0) is 12.4. The van der Waals surface area contributed by atoms with Gasteiger partial charge in [0.25, 0.3) is 0 Å². The summed E-state index contributed by atoms with van der Waals surface area (Å²) in [4.78, 5) is 0. The summed E-state index contributed by atoms with van der Waals surface area (Å²) in [6.07, 6.45) is 0. The number of aromatic nitrogens is 2. The van der Waals surface area contributed by atoms with Gasteiger partial charge < -0.3 is 15.5 Å². The molecule has 3 aromatic rings. The molecule has 5 heteroatoms. The molecular formula is C13H12N4O. The van der Waals surface area contributed by atoms with E-state index in [0.717, 1.165) is 16.5 Å². The number of benzene rings is 2. The van der Waals surface area contributed by atoms with Crippen LogP contribution >= 0.6 is 0 Å². The first kappa shape index (κ1) is 10.7. The van der Waals surface area contributed by atoms with Gasteiger partial charge >= 0.3 is 6.01 Å². The second kappa shape index (κ2) is 4.46. The van der Waals surface area contributed by atoms with Crippen LogP contribution in [0.25, 0.3) is 10.8 Å². The van der Waals surface area contributed by atoms with Crippen molar-refractivity contribution in [2.45, 2.75) is 6.54 Å². The minimum Gasteiger partial charge on any atom is -0.406 e. The fraction of sp³-hybridized carbons (Fsp3) is 0.0769. The maximum Gasteiger partial charge on any atom is 0.320 e. The zero-order valence-corrected chi connectivity index (χ0v) is 9.63. The second-order valence-corrected chi connectivity index (χ2v) is 3.86. The minimum atomic E-state index is 0.240. The van der Waals surface area contributed by atoms with Gasteiger partial charge in [0.1, 0.15) is 0 Å². The molecule has 0 unspecified atom stereocenters. The lowest BCUT2D eigenvalue weighted by molar-refractivity contribution is 0.511. The second-order valence-electron chi connectivity index (χ2n) is 3.86. The molecule has 0 aliphatic carbocycles. The van der Waals surface area contributed by atoms with E-state index in [1.807, 2.05) is 30.3 Å². The lowest BCUT2D eigenvalue weighted by atomic mass is 10.1. The lowest BCUT2D eigenvalue weighted by Crippen LogP contribution is -1.95. The molecule has 0 aliphatic rings. The van der Waals surface area contributed by atoms with Gasteiger partial charge in [0.15, 0.2) is 0 Å². The Bertz CT molecular complexity index is 672. The average Bonchev–Trinajstić information content (AvgIpc) is 2.87. The Morgan fingerprint density at radius 2 is 1.89 bits per heavy atom. The van der Waals surface area contributed by atoms with Crippen LogP contribution in [0.3, 0.4) is 0 Å². The van der Waals surface area contributed by atoms with Gasteiger partial charge in [-0.3, -0.25) is 0 Å². The van der Waals surface area contributed by atoms with Crippen molar-refractivity contribution in [2.24, 2.45) is 5.73 Å². The standard InChI is InChI=1S/C13H12N4O/c14-8-12-16-17-13(18-12)15-11-7-3-5-9-4-1-2-6-10(9)11/h1-7H,8,14H2,(H,15,17). The quantitative estimate of drug-likeness (QED) is 0.735. The molecule has 3 rings (SSSR count). The fourth-order valence-electron chi connectivity index (χ4n) is 1.84. The van der Waals surface area contributed by atoms with Gasteiger partial charge in [0, 0.05) is 5.39 Å². The average molecular weight is 240 g/mol. The molecule has 18 heavy (non-hydrogen) atoms. The fourth-order valence-corrected chi connectivity index (χ4v) is 1.84. The molecule has 0 radical (unpaired) electrons. The molecule has 0 amide bonds. The monoisotopic (exact) mass is 240 g/mol. The third-order valence-electron chi connectivity index (χ3n) is 2.67. The van der Waals surface area contributed by atoms with E-state index in [9.17, 15) is 0 Å². The van der Waals surface area contributed by atoms with E-state index in [0.29, 0.717) is 11.9 Å². The summed E-state index contributed by atoms with van der Waals surface area (Å²) < 4.78 is 5.33. The van der Waals surface area contributed by atoms with Crippen LogP contribution < -0.4 is 11.1 Å². The first-order valence-corrected chi connectivity index (χ1v) is 5.64. The van der Waals surface area contributed by atoms with Crippen LogP contribution in [0.2, 0.25) is 0 Å². The highest BCUT2D eigenvalue weighted by molar-refractivity contribution is 5.94. The maximum absolute atomic E-state index is 5.42. The van der Waals surface area contributed by atoms with Crippen molar-refractivity contribution in [3.8, 4) is 0 Å². The van der Waals surface area contributed by atoms with Gasteiger partial charge in [-0.25, -0.2) is 0 Å². The summed E-state index contributed by atoms with van der Waals surface area (Å²) in [5, 5.41) is 13.1. The Labute approximate surface area is 104 Å². The Hall–Kier alpha value is -2.40. The molecule has 3 N–H and O–H groups in total. The smallest absolute Gasteiger partial charge is 0.320 e. The number of hydrogen-bond acceptors (Lipinski definition) is 5. The van der Waals surface area contributed by atoms with Crippen LogP contribution in [0.5, 0.6) is 0 Å². The lowest BCUT2D eigenvalue weighted by Gasteiger charge is -2.05. The predicted octanol–water partition coefficient (Wildman–Crippen LogP) is 2.43. The molecule has 1 heterocycles. The van der Waals surface area contributed by atoms with E-state index in [-0.39, 0.29) is 6.54 Å². The number of nitrogens with two attached hydrogens (primary N) is 1. The van der Waals surface area contributed by atoms with Crippen molar-refractivity contribution in [1.29, 1.82) is 0 Å². The van der Waals surface area contributed by atoms with E-state index in [1.165, 1.54) is 0 Å². The molecule has 90 valence electrons. The van der Waals surface area contributed by atoms with Gasteiger partial charge in [-0.15, -0.1) is 5.10 Å². The first-order chi connectivity index (χ1) is 8.86. The summed E-state index contributed by atoms with van der Waals surface area (Å²) in [5.74, 6) is 0.415. The molecule has 0 aliphatic heterocycles. The largest absolute Gasteiger partial charge is 0.406 e. The van der Waals surface area contributed by atoms with Gasteiger partial charge in [0.05, 0.1) is 12.2 Å². The van der Waals surface area contributed by atoms with Gasteiger partial charge in [-0.1, -0.05) is 41.5 Å². The Morgan fingerprint density at radius 1 is 1.06 bits per heavy atom. The number of rotatable bonds is 3. The van der Waals surface area contributed by atoms with E-state index >= 15 is 0 Å². The summed E-state index contributed by atoms with van der Waals surface area (Å²) in [5.41, 5.74) is 6.35. The summed E-state index contributed by atoms with van der Waals surface area (Å²) in [6.45, 7) is 0.240. The van der Waals surface area contributed by atoms with E-state index < -0.39 is 0 Å². The highest BCUT2D eigenvalue weighted by Crippen LogP contribution is 2.25. The van der Waals surface area contributed by atoms with E-state index in [4.69, 9.17) is 10.2 Å². The van der Waals surface area contributed by atoms with Crippen molar-refractivity contribution in [3.05, 3.63) is 48.4 Å². The van der Waals surface area contributed by atoms with Crippen molar-refractivity contribution >= 4 is 22.5 Å². The third kappa shape index (κ3) is 1.91. The van der Waals surface area contributed by atoms with Crippen molar-refractivity contribution in [1.82, 2.24) is 10.2 Å². The molecule has 5 nitrogen and oxygen atoms in total. The number of nitrogens with one attached hydrogen (secondary N) is 1. The molecule has 0 bridgehead atoms. The molecule has 0 saturated heterocycles. The zero-order valence-electron chi connectivity index (χ0n) is 9.63. The van der Waals surface area contributed by atoms with Crippen molar-refractivity contribution < 1.29 is 4.42 Å². The van der Waals surface area contributed by atoms with Crippen LogP contribution in [-0.4, -0.2) is 10.2 Å². The number of fused-ring (bicyclic) bond motifs is 1. The summed E-state index contributed by atoms with van der Waals surface area (Å²) in [7, 11) is 0. The Morgan fingerprint density at radius 3 is 2.72 bits per heavy atom. The van der Waals surface area contributed by atoms with Crippen molar-refractivity contribution in [2.75, 3.05) is 5.32 Å². The Balaban J connectivity index is 1.99. The molecule has 0 atom stereocenters. The number of nitrogens with zero attached hydrogens (tertiary/aromatic N) is 2. The molecule has 0 spiro atoms. The number of hydrogen-bond donors (Lipinski definition) is 2. The topological polar surface area (TPSA) is 77.0 Å². The molecule has 2 aromatic carbocycles. The normalized spacial score (nSPS) is 10.7. The van der Waals surface area contributed by atoms with Gasteiger partial charge in [0.2, 0.25) is 5.89 Å². The van der Waals surface area contributed by atoms with Crippen LogP contribution in [-0.2, 0) is 6.54 Å². The SMILES string of the molecule is NCc1nnc(Nc2cccc3ccccc23)o1. The van der Waals surface area contributed by atoms with E-state index in [2.05, 4.69) is 27.6 Å². The van der Waals surface area contributed by atoms with Crippen LogP contribution in [0.15, 0.2) is 46.9 Å². The molecule has 0 saturated carbocycles. The highest BCUT2D eigenvalue weighted by Gasteiger charge is 2.06. The predicted molar refractivity (Wildman–Crippen MR) is 69.4 cm³/mol. The molecule has 0 fully saturated rings. The van der Waals surface area contributed by atoms with Crippen molar-refractivity contribution in [3.63, 3.8) is 0 Å². The number of anilines is 2. The van der Waals surface area contributed by atoms with Crippen LogP contribution in [0.1, 0.15) is 5.89 Å². The van der Waals surface area contributed by atoms with Gasteiger partial charge in [-0.05, 0) is 11.5 Å². The van der Waals surface area contributed by atoms with E-state index in [1.54, 1.807) is 0 Å². The third-order valence-corrected chi connectivity index (χ3v) is 2.67. The minimum absolute atomic E-state index is 0.240. The summed E-state index contributed by atoms with van der Waals surface area (Å²) in [6, 6.07) is 14.4. The highest BCUT2D eigenvalue weighted by atomic mass is 16.4. The Kier molecular flexibility index (Phi) is 2.66. The van der Waals surface area contributed by atoms with Crippen LogP contribution in [0, 0.1) is 0 Å². The van der Waals surface area contributed by atoms with Crippen LogP contribution in [0.4, 0.5) is 11.7 Å². The summed E-state index contributed by atoms with van der Waals surface area (Å²) >= 11 is 0. The first-order valence-electron chi connectivity index (χ1n) is 5.64. The molecule has 1 aromatic heterocycles.